The monoisotopic (exact) mass is 449 g/mol. The van der Waals surface area contributed by atoms with Gasteiger partial charge in [0.05, 0.1) is 6.54 Å². The van der Waals surface area contributed by atoms with E-state index >= 15 is 0 Å². The molecule has 2 aliphatic heterocycles. The van der Waals surface area contributed by atoms with Gasteiger partial charge in [-0.15, -0.1) is 24.0 Å². The Balaban J connectivity index is 0.00000288. The summed E-state index contributed by atoms with van der Waals surface area (Å²) >= 11 is 0. The van der Waals surface area contributed by atoms with E-state index in [0.29, 0.717) is 6.04 Å². The molecule has 1 saturated heterocycles. The minimum atomic E-state index is 0. The normalized spacial score (nSPS) is 21.6. The first-order valence-corrected chi connectivity index (χ1v) is 9.35. The molecule has 0 bridgehead atoms. The average molecular weight is 449 g/mol. The Morgan fingerprint density at radius 2 is 2.00 bits per heavy atom. The summed E-state index contributed by atoms with van der Waals surface area (Å²) in [6.07, 6.45) is 8.36. The van der Waals surface area contributed by atoms with Crippen LogP contribution in [0, 0.1) is 0 Å². The highest BCUT2D eigenvalue weighted by atomic mass is 127. The van der Waals surface area contributed by atoms with E-state index in [9.17, 15) is 0 Å². The van der Waals surface area contributed by atoms with Crippen molar-refractivity contribution < 1.29 is 0 Å². The van der Waals surface area contributed by atoms with Gasteiger partial charge in [0.25, 0.3) is 0 Å². The van der Waals surface area contributed by atoms with Crippen LogP contribution in [0.1, 0.15) is 33.1 Å². The minimum absolute atomic E-state index is 0. The van der Waals surface area contributed by atoms with E-state index in [1.807, 2.05) is 0 Å². The fraction of sp³-hybridized carbons (Fsp3) is 0.833. The van der Waals surface area contributed by atoms with Gasteiger partial charge in [0.1, 0.15) is 0 Å². The number of guanidine groups is 1. The topological polar surface area (TPSA) is 34.1 Å². The molecule has 0 saturated carbocycles. The Labute approximate surface area is 165 Å². The summed E-state index contributed by atoms with van der Waals surface area (Å²) in [5.74, 6) is 1.10. The maximum absolute atomic E-state index is 4.86. The molecule has 0 radical (unpaired) electrons. The lowest BCUT2D eigenvalue weighted by atomic mass is 10.2. The zero-order valence-corrected chi connectivity index (χ0v) is 18.0. The molecule has 2 aliphatic rings. The molecule has 0 amide bonds. The van der Waals surface area contributed by atoms with E-state index in [1.165, 1.54) is 25.8 Å². The van der Waals surface area contributed by atoms with Gasteiger partial charge in [0.2, 0.25) is 0 Å². The maximum atomic E-state index is 4.86. The molecule has 0 aromatic rings. The van der Waals surface area contributed by atoms with E-state index < -0.39 is 0 Å². The van der Waals surface area contributed by atoms with E-state index in [-0.39, 0.29) is 24.0 Å². The molecule has 24 heavy (non-hydrogen) atoms. The van der Waals surface area contributed by atoms with Crippen molar-refractivity contribution in [3.63, 3.8) is 0 Å². The SMILES string of the molecule is CCCCN(C)CCN=C(NCC)N1CCC(N2CC=CC2)C1.I. The molecule has 5 nitrogen and oxygen atoms in total. The highest BCUT2D eigenvalue weighted by Gasteiger charge is 2.29. The van der Waals surface area contributed by atoms with Crippen molar-refractivity contribution in [3.05, 3.63) is 12.2 Å². The number of hydrogen-bond donors (Lipinski definition) is 1. The van der Waals surface area contributed by atoms with Crippen LogP contribution in [0.2, 0.25) is 0 Å². The highest BCUT2D eigenvalue weighted by molar-refractivity contribution is 14.0. The van der Waals surface area contributed by atoms with E-state index in [2.05, 4.69) is 53.1 Å². The third-order valence-corrected chi connectivity index (χ3v) is 4.80. The van der Waals surface area contributed by atoms with Gasteiger partial charge in [-0.1, -0.05) is 25.5 Å². The summed E-state index contributed by atoms with van der Waals surface area (Å²) < 4.78 is 0. The van der Waals surface area contributed by atoms with Gasteiger partial charge >= 0.3 is 0 Å². The first kappa shape index (κ1) is 21.7. The smallest absolute Gasteiger partial charge is 0.194 e. The summed E-state index contributed by atoms with van der Waals surface area (Å²) in [5, 5.41) is 3.48. The number of rotatable bonds is 8. The molecule has 1 N–H and O–H groups in total. The summed E-state index contributed by atoms with van der Waals surface area (Å²) in [4.78, 5) is 12.3. The van der Waals surface area contributed by atoms with Crippen molar-refractivity contribution >= 4 is 29.9 Å². The van der Waals surface area contributed by atoms with Gasteiger partial charge < -0.3 is 15.1 Å². The Bertz CT molecular complexity index is 391. The Morgan fingerprint density at radius 3 is 2.67 bits per heavy atom. The molecule has 1 unspecified atom stereocenters. The zero-order valence-electron chi connectivity index (χ0n) is 15.7. The second kappa shape index (κ2) is 12.1. The Morgan fingerprint density at radius 1 is 1.25 bits per heavy atom. The second-order valence-electron chi connectivity index (χ2n) is 6.71. The quantitative estimate of drug-likeness (QED) is 0.267. The number of likely N-dealkylation sites (N-methyl/N-ethyl adjacent to an activating group) is 1. The van der Waals surface area contributed by atoms with Crippen molar-refractivity contribution in [2.45, 2.75) is 39.2 Å². The molecule has 0 aliphatic carbocycles. The molecule has 0 aromatic heterocycles. The Hall–Kier alpha value is -0.340. The van der Waals surface area contributed by atoms with Gasteiger partial charge in [-0.2, -0.15) is 0 Å². The largest absolute Gasteiger partial charge is 0.357 e. The summed E-state index contributed by atoms with van der Waals surface area (Å²) in [5.41, 5.74) is 0. The van der Waals surface area contributed by atoms with Crippen LogP contribution in [0.15, 0.2) is 17.1 Å². The predicted molar refractivity (Wildman–Crippen MR) is 114 cm³/mol. The second-order valence-corrected chi connectivity index (χ2v) is 6.71. The summed E-state index contributed by atoms with van der Waals surface area (Å²) in [6, 6.07) is 0.682. The number of nitrogens with one attached hydrogen (secondary N) is 1. The fourth-order valence-corrected chi connectivity index (χ4v) is 3.32. The number of likely N-dealkylation sites (tertiary alicyclic amines) is 1. The molecule has 2 rings (SSSR count). The van der Waals surface area contributed by atoms with Crippen LogP contribution in [0.3, 0.4) is 0 Å². The molecule has 6 heteroatoms. The third kappa shape index (κ3) is 6.88. The van der Waals surface area contributed by atoms with Gasteiger partial charge in [-0.25, -0.2) is 0 Å². The van der Waals surface area contributed by atoms with E-state index in [0.717, 1.165) is 51.8 Å². The summed E-state index contributed by atoms with van der Waals surface area (Å²) in [7, 11) is 2.20. The van der Waals surface area contributed by atoms with Crippen molar-refractivity contribution in [2.24, 2.45) is 4.99 Å². The lowest BCUT2D eigenvalue weighted by Crippen LogP contribution is -2.43. The number of nitrogens with zero attached hydrogens (tertiary/aromatic N) is 4. The van der Waals surface area contributed by atoms with Crippen LogP contribution in [0.25, 0.3) is 0 Å². The van der Waals surface area contributed by atoms with Gasteiger partial charge in [0.15, 0.2) is 5.96 Å². The van der Waals surface area contributed by atoms with Crippen molar-refractivity contribution in [3.8, 4) is 0 Å². The number of hydrogen-bond acceptors (Lipinski definition) is 3. The van der Waals surface area contributed by atoms with E-state index in [4.69, 9.17) is 4.99 Å². The van der Waals surface area contributed by atoms with Crippen molar-refractivity contribution in [1.82, 2.24) is 20.0 Å². The number of unbranched alkanes of at least 4 members (excludes halogenated alkanes) is 1. The number of aliphatic imine (C=N–C) groups is 1. The standard InChI is InChI=1S/C18H35N5.HI/c1-4-6-11-21(3)15-10-20-18(19-5-2)23-14-9-17(16-23)22-12-7-8-13-22;/h7-8,17H,4-6,9-16H2,1-3H3,(H,19,20);1H. The fourth-order valence-electron chi connectivity index (χ4n) is 3.32. The molecule has 0 spiro atoms. The molecule has 2 heterocycles. The van der Waals surface area contributed by atoms with Crippen LogP contribution in [-0.4, -0.2) is 86.1 Å². The maximum Gasteiger partial charge on any atom is 0.194 e. The molecular weight excluding hydrogens is 413 g/mol. The highest BCUT2D eigenvalue weighted by Crippen LogP contribution is 2.17. The molecule has 140 valence electrons. The zero-order chi connectivity index (χ0) is 16.5. The van der Waals surface area contributed by atoms with Crippen molar-refractivity contribution in [1.29, 1.82) is 0 Å². The van der Waals surface area contributed by atoms with Crippen LogP contribution in [0.5, 0.6) is 0 Å². The predicted octanol–water partition coefficient (Wildman–Crippen LogP) is 2.25. The Kier molecular flexibility index (Phi) is 10.9. The van der Waals surface area contributed by atoms with Crippen LogP contribution in [-0.2, 0) is 0 Å². The molecule has 1 atom stereocenters. The van der Waals surface area contributed by atoms with Crippen LogP contribution >= 0.6 is 24.0 Å². The molecular formula is C18H36IN5. The minimum Gasteiger partial charge on any atom is -0.357 e. The molecule has 0 aromatic carbocycles. The van der Waals surface area contributed by atoms with Crippen LogP contribution < -0.4 is 5.32 Å². The first-order chi connectivity index (χ1) is 11.2. The molecule has 1 fully saturated rings. The van der Waals surface area contributed by atoms with E-state index in [1.54, 1.807) is 0 Å². The average Bonchev–Trinajstić information content (AvgIpc) is 3.22. The van der Waals surface area contributed by atoms with Gasteiger partial charge in [0, 0.05) is 45.3 Å². The summed E-state index contributed by atoms with van der Waals surface area (Å²) in [6.45, 7) is 12.9. The van der Waals surface area contributed by atoms with Gasteiger partial charge in [-0.05, 0) is 33.4 Å². The van der Waals surface area contributed by atoms with Gasteiger partial charge in [-0.3, -0.25) is 9.89 Å². The van der Waals surface area contributed by atoms with Crippen LogP contribution in [0.4, 0.5) is 0 Å². The lowest BCUT2D eigenvalue weighted by Gasteiger charge is -2.25. The first-order valence-electron chi connectivity index (χ1n) is 9.35. The lowest BCUT2D eigenvalue weighted by molar-refractivity contribution is 0.259. The van der Waals surface area contributed by atoms with Crippen molar-refractivity contribution in [2.75, 3.05) is 59.4 Å². The third-order valence-electron chi connectivity index (χ3n) is 4.80. The number of halogens is 1.